The number of rotatable bonds is 4. The molecule has 2 unspecified atom stereocenters. The lowest BCUT2D eigenvalue weighted by Gasteiger charge is -2.27. The molecule has 1 heterocycles. The van der Waals surface area contributed by atoms with E-state index < -0.39 is 0 Å². The summed E-state index contributed by atoms with van der Waals surface area (Å²) in [7, 11) is 2.10. The van der Waals surface area contributed by atoms with E-state index in [9.17, 15) is 0 Å². The summed E-state index contributed by atoms with van der Waals surface area (Å²) in [5, 5.41) is 4.28. The molecule has 18 heavy (non-hydrogen) atoms. The maximum Gasteiger partial charge on any atom is 0.0438 e. The van der Waals surface area contributed by atoms with E-state index in [4.69, 9.17) is 0 Å². The van der Waals surface area contributed by atoms with Crippen LogP contribution in [0.25, 0.3) is 0 Å². The maximum atomic E-state index is 3.52. The summed E-state index contributed by atoms with van der Waals surface area (Å²) in [5.74, 6) is 2.19. The summed E-state index contributed by atoms with van der Waals surface area (Å²) in [5.41, 5.74) is 3.03. The molecule has 2 aliphatic rings. The van der Waals surface area contributed by atoms with Gasteiger partial charge in [0.25, 0.3) is 0 Å². The smallest absolute Gasteiger partial charge is 0.0438 e. The first-order valence-electron chi connectivity index (χ1n) is 7.27. The van der Waals surface area contributed by atoms with Crippen molar-refractivity contribution in [3.8, 4) is 0 Å². The highest BCUT2D eigenvalue weighted by atomic mass is 32.2. The van der Waals surface area contributed by atoms with E-state index in [0.29, 0.717) is 6.04 Å². The molecular weight excluding hydrogens is 238 g/mol. The van der Waals surface area contributed by atoms with E-state index in [1.54, 1.807) is 5.56 Å². The lowest BCUT2D eigenvalue weighted by Crippen LogP contribution is -2.25. The van der Waals surface area contributed by atoms with Gasteiger partial charge in [0.2, 0.25) is 0 Å². The van der Waals surface area contributed by atoms with Crippen molar-refractivity contribution in [1.82, 2.24) is 5.32 Å². The Hall–Kier alpha value is -0.470. The van der Waals surface area contributed by atoms with Crippen LogP contribution in [-0.4, -0.2) is 18.1 Å². The molecule has 1 aliphatic heterocycles. The highest BCUT2D eigenvalue weighted by molar-refractivity contribution is 8.00. The van der Waals surface area contributed by atoms with Gasteiger partial charge in [0.05, 0.1) is 0 Å². The molecule has 0 aromatic heterocycles. The van der Waals surface area contributed by atoms with Gasteiger partial charge in [-0.15, -0.1) is 0 Å². The molecule has 1 N–H and O–H groups in total. The van der Waals surface area contributed by atoms with Gasteiger partial charge >= 0.3 is 0 Å². The van der Waals surface area contributed by atoms with Crippen molar-refractivity contribution in [3.05, 3.63) is 35.4 Å². The van der Waals surface area contributed by atoms with Crippen LogP contribution in [0.3, 0.4) is 0 Å². The Balaban J connectivity index is 1.73. The summed E-state index contributed by atoms with van der Waals surface area (Å²) in [6.45, 7) is 0. The van der Waals surface area contributed by atoms with Crippen molar-refractivity contribution in [2.24, 2.45) is 0 Å². The lowest BCUT2D eigenvalue weighted by molar-refractivity contribution is 0.419. The van der Waals surface area contributed by atoms with Crippen LogP contribution in [-0.2, 0) is 0 Å². The molecule has 1 saturated carbocycles. The molecule has 3 rings (SSSR count). The van der Waals surface area contributed by atoms with Crippen LogP contribution in [0.5, 0.6) is 0 Å². The van der Waals surface area contributed by atoms with Crippen molar-refractivity contribution in [3.63, 3.8) is 0 Å². The minimum Gasteiger partial charge on any atom is -0.312 e. The monoisotopic (exact) mass is 261 g/mol. The number of thioether (sulfide) groups is 1. The average Bonchev–Trinajstić information content (AvgIpc) is 2.84. The predicted octanol–water partition coefficient (Wildman–Crippen LogP) is 4.11. The molecule has 0 radical (unpaired) electrons. The molecule has 1 nitrogen and oxygen atoms in total. The van der Waals surface area contributed by atoms with Gasteiger partial charge < -0.3 is 5.32 Å². The van der Waals surface area contributed by atoms with Crippen molar-refractivity contribution in [2.75, 3.05) is 12.8 Å². The van der Waals surface area contributed by atoms with Gasteiger partial charge in [-0.3, -0.25) is 0 Å². The zero-order valence-corrected chi connectivity index (χ0v) is 12.0. The summed E-state index contributed by atoms with van der Waals surface area (Å²) in [6, 6.07) is 9.97. The first-order chi connectivity index (χ1) is 8.88. The van der Waals surface area contributed by atoms with E-state index in [1.807, 2.05) is 0 Å². The first-order valence-corrected chi connectivity index (χ1v) is 8.32. The first kappa shape index (κ1) is 12.6. The Morgan fingerprint density at radius 3 is 2.39 bits per heavy atom. The second-order valence-electron chi connectivity index (χ2n) is 5.61. The van der Waals surface area contributed by atoms with E-state index in [0.717, 1.165) is 11.2 Å². The molecule has 0 spiro atoms. The number of benzene rings is 1. The van der Waals surface area contributed by atoms with Gasteiger partial charge in [-0.1, -0.05) is 30.7 Å². The van der Waals surface area contributed by atoms with E-state index >= 15 is 0 Å². The molecular formula is C16H23NS. The van der Waals surface area contributed by atoms with E-state index in [2.05, 4.69) is 48.4 Å². The highest BCUT2D eigenvalue weighted by Gasteiger charge is 2.26. The largest absolute Gasteiger partial charge is 0.312 e. The molecule has 1 aromatic carbocycles. The average molecular weight is 261 g/mol. The van der Waals surface area contributed by atoms with Gasteiger partial charge in [0, 0.05) is 11.3 Å². The van der Waals surface area contributed by atoms with Crippen LogP contribution in [0.2, 0.25) is 0 Å². The van der Waals surface area contributed by atoms with E-state index in [1.165, 1.54) is 43.4 Å². The molecule has 0 bridgehead atoms. The Labute approximate surface area is 115 Å². The van der Waals surface area contributed by atoms with Crippen molar-refractivity contribution in [2.45, 2.75) is 49.3 Å². The van der Waals surface area contributed by atoms with Gasteiger partial charge in [-0.25, -0.2) is 0 Å². The molecule has 0 amide bonds. The highest BCUT2D eigenvalue weighted by Crippen LogP contribution is 2.38. The van der Waals surface area contributed by atoms with Crippen LogP contribution in [0.15, 0.2) is 24.3 Å². The quantitative estimate of drug-likeness (QED) is 0.875. The summed E-state index contributed by atoms with van der Waals surface area (Å²) >= 11 is 2.13. The normalized spacial score (nSPS) is 25.9. The van der Waals surface area contributed by atoms with E-state index in [-0.39, 0.29) is 0 Å². The lowest BCUT2D eigenvalue weighted by atomic mass is 9.80. The van der Waals surface area contributed by atoms with Gasteiger partial charge in [0.1, 0.15) is 0 Å². The summed E-state index contributed by atoms with van der Waals surface area (Å²) < 4.78 is 0. The van der Waals surface area contributed by atoms with Crippen LogP contribution in [0.1, 0.15) is 55.2 Å². The standard InChI is InChI=1S/C16H23NS/c1-17-16(15-6-3-11-18-15)14-9-7-13(8-10-14)12-4-2-5-12/h7-10,12,15-17H,2-6,11H2,1H3. The fourth-order valence-corrected chi connectivity index (χ4v) is 4.60. The Bertz CT molecular complexity index is 377. The molecule has 1 aliphatic carbocycles. The molecule has 1 aromatic rings. The molecule has 1 saturated heterocycles. The molecule has 98 valence electrons. The van der Waals surface area contributed by atoms with Crippen LogP contribution in [0.4, 0.5) is 0 Å². The third-order valence-corrected chi connectivity index (χ3v) is 5.98. The SMILES string of the molecule is CNC(c1ccc(C2CCC2)cc1)C1CCCS1. The van der Waals surface area contributed by atoms with Gasteiger partial charge in [-0.2, -0.15) is 11.8 Å². The zero-order valence-electron chi connectivity index (χ0n) is 11.2. The fourth-order valence-electron chi connectivity index (χ4n) is 3.15. The van der Waals surface area contributed by atoms with Gasteiger partial charge in [-0.05, 0) is 55.5 Å². The molecule has 2 heteroatoms. The number of hydrogen-bond donors (Lipinski definition) is 1. The Morgan fingerprint density at radius 2 is 1.89 bits per heavy atom. The van der Waals surface area contributed by atoms with Crippen LogP contribution >= 0.6 is 11.8 Å². The fraction of sp³-hybridized carbons (Fsp3) is 0.625. The van der Waals surface area contributed by atoms with Gasteiger partial charge in [0.15, 0.2) is 0 Å². The Morgan fingerprint density at radius 1 is 1.11 bits per heavy atom. The summed E-state index contributed by atoms with van der Waals surface area (Å²) in [6.07, 6.45) is 6.96. The van der Waals surface area contributed by atoms with Crippen LogP contribution < -0.4 is 5.32 Å². The minimum atomic E-state index is 0.535. The van der Waals surface area contributed by atoms with Crippen molar-refractivity contribution in [1.29, 1.82) is 0 Å². The Kier molecular flexibility index (Phi) is 3.95. The second-order valence-corrected chi connectivity index (χ2v) is 6.96. The summed E-state index contributed by atoms with van der Waals surface area (Å²) in [4.78, 5) is 0. The van der Waals surface area contributed by atoms with Crippen LogP contribution in [0, 0.1) is 0 Å². The topological polar surface area (TPSA) is 12.0 Å². The van der Waals surface area contributed by atoms with Crippen molar-refractivity contribution >= 4 is 11.8 Å². The number of nitrogens with one attached hydrogen (secondary N) is 1. The minimum absolute atomic E-state index is 0.535. The zero-order chi connectivity index (χ0) is 12.4. The second kappa shape index (κ2) is 5.66. The predicted molar refractivity (Wildman–Crippen MR) is 80.3 cm³/mol. The molecule has 2 atom stereocenters. The van der Waals surface area contributed by atoms with Crippen molar-refractivity contribution < 1.29 is 0 Å². The molecule has 2 fully saturated rings. The maximum absolute atomic E-state index is 3.52. The third-order valence-electron chi connectivity index (χ3n) is 4.52. The number of hydrogen-bond acceptors (Lipinski definition) is 2. The third kappa shape index (κ3) is 2.46.